The van der Waals surface area contributed by atoms with Crippen LogP contribution < -0.4 is 5.32 Å². The summed E-state index contributed by atoms with van der Waals surface area (Å²) in [4.78, 5) is 9.15. The molecule has 1 spiro atoms. The molecule has 2 aromatic rings. The Balaban J connectivity index is 1.97. The highest BCUT2D eigenvalue weighted by Gasteiger charge is 2.45. The first kappa shape index (κ1) is 15.8. The number of benzene rings is 1. The number of hydrogen-bond acceptors (Lipinski definition) is 4. The number of nitrogens with zero attached hydrogens (tertiary/aromatic N) is 3. The average Bonchev–Trinajstić information content (AvgIpc) is 2.63. The number of fused-ring (bicyclic) bond motifs is 2. The zero-order valence-electron chi connectivity index (χ0n) is 13.3. The van der Waals surface area contributed by atoms with Gasteiger partial charge in [-0.1, -0.05) is 23.7 Å². The Kier molecular flexibility index (Phi) is 3.78. The van der Waals surface area contributed by atoms with Gasteiger partial charge in [0.05, 0.1) is 5.57 Å². The molecule has 4 nitrogen and oxygen atoms in total. The molecule has 25 heavy (non-hydrogen) atoms. The molecule has 0 fully saturated rings. The van der Waals surface area contributed by atoms with E-state index >= 15 is 0 Å². The van der Waals surface area contributed by atoms with E-state index < -0.39 is 5.54 Å². The predicted molar refractivity (Wildman–Crippen MR) is 93.4 cm³/mol. The first-order valence-corrected chi connectivity index (χ1v) is 8.39. The predicted octanol–water partition coefficient (Wildman–Crippen LogP) is 3.78. The van der Waals surface area contributed by atoms with E-state index in [0.29, 0.717) is 29.1 Å². The van der Waals surface area contributed by atoms with Crippen molar-refractivity contribution in [3.8, 4) is 6.07 Å². The fraction of sp³-hybridized carbons (Fsp3) is 0.211. The summed E-state index contributed by atoms with van der Waals surface area (Å²) in [6, 6.07) is 12.3. The van der Waals surface area contributed by atoms with Gasteiger partial charge in [0.25, 0.3) is 0 Å². The molecule has 0 bridgehead atoms. The lowest BCUT2D eigenvalue weighted by Gasteiger charge is -2.39. The van der Waals surface area contributed by atoms with Crippen molar-refractivity contribution in [2.75, 3.05) is 0 Å². The fourth-order valence-electron chi connectivity index (χ4n) is 3.59. The molecule has 1 aromatic carbocycles. The van der Waals surface area contributed by atoms with Crippen LogP contribution in [0.4, 0.5) is 4.39 Å². The summed E-state index contributed by atoms with van der Waals surface area (Å²) in [5, 5.41) is 12.9. The maximum atomic E-state index is 14.0. The van der Waals surface area contributed by atoms with Crippen molar-refractivity contribution in [1.29, 1.82) is 5.26 Å². The molecule has 1 aliphatic carbocycles. The van der Waals surface area contributed by atoms with Crippen LogP contribution in [0.5, 0.6) is 0 Å². The first-order chi connectivity index (χ1) is 12.1. The summed E-state index contributed by atoms with van der Waals surface area (Å²) in [5.74, 6) is 0.142. The molecule has 0 radical (unpaired) electrons. The van der Waals surface area contributed by atoms with Crippen molar-refractivity contribution < 1.29 is 4.39 Å². The Bertz CT molecular complexity index is 946. The molecule has 0 saturated carbocycles. The second kappa shape index (κ2) is 5.98. The summed E-state index contributed by atoms with van der Waals surface area (Å²) in [6.07, 6.45) is 3.93. The summed E-state index contributed by atoms with van der Waals surface area (Å²) in [6.45, 7) is 0. The third kappa shape index (κ3) is 2.50. The van der Waals surface area contributed by atoms with E-state index in [2.05, 4.69) is 16.4 Å². The smallest absolute Gasteiger partial charge is 0.153 e. The van der Waals surface area contributed by atoms with E-state index in [1.54, 1.807) is 12.3 Å². The number of aryl methyl sites for hydroxylation is 1. The Morgan fingerprint density at radius 3 is 2.92 bits per heavy atom. The van der Waals surface area contributed by atoms with Gasteiger partial charge < -0.3 is 5.32 Å². The molecule has 1 N–H and O–H groups in total. The average molecular weight is 353 g/mol. The Hall–Kier alpha value is -2.71. The summed E-state index contributed by atoms with van der Waals surface area (Å²) < 4.78 is 14.0. The van der Waals surface area contributed by atoms with Crippen LogP contribution in [0.15, 0.2) is 58.3 Å². The number of halogens is 2. The van der Waals surface area contributed by atoms with E-state index in [0.717, 1.165) is 18.4 Å². The normalized spacial score (nSPS) is 22.0. The van der Waals surface area contributed by atoms with Crippen molar-refractivity contribution in [1.82, 2.24) is 10.3 Å². The minimum Gasteiger partial charge on any atom is -0.328 e. The number of nitriles is 1. The van der Waals surface area contributed by atoms with Gasteiger partial charge in [-0.15, -0.1) is 0 Å². The lowest BCUT2D eigenvalue weighted by atomic mass is 9.72. The molecule has 1 aliphatic heterocycles. The van der Waals surface area contributed by atoms with Gasteiger partial charge in [-0.3, -0.25) is 4.98 Å². The van der Waals surface area contributed by atoms with Gasteiger partial charge >= 0.3 is 0 Å². The molecule has 1 unspecified atom stereocenters. The van der Waals surface area contributed by atoms with Crippen LogP contribution >= 0.6 is 11.6 Å². The topological polar surface area (TPSA) is 61.1 Å². The van der Waals surface area contributed by atoms with Crippen molar-refractivity contribution in [2.24, 2.45) is 4.99 Å². The van der Waals surface area contributed by atoms with E-state index in [1.165, 1.54) is 12.1 Å². The highest BCUT2D eigenvalue weighted by atomic mass is 35.5. The van der Waals surface area contributed by atoms with Gasteiger partial charge in [0.1, 0.15) is 28.3 Å². The van der Waals surface area contributed by atoms with E-state index in [4.69, 9.17) is 16.6 Å². The SMILES string of the molecule is N#CC1=C(Cl)NC(c2ccccn2)=NC12CCCc1ccc(F)cc12. The Morgan fingerprint density at radius 1 is 1.28 bits per heavy atom. The fourth-order valence-corrected chi connectivity index (χ4v) is 3.87. The summed E-state index contributed by atoms with van der Waals surface area (Å²) >= 11 is 6.40. The number of hydrogen-bond donors (Lipinski definition) is 1. The van der Waals surface area contributed by atoms with E-state index in [-0.39, 0.29) is 11.0 Å². The Morgan fingerprint density at radius 2 is 2.16 bits per heavy atom. The molecule has 1 aromatic heterocycles. The van der Waals surface area contributed by atoms with Gasteiger partial charge in [-0.2, -0.15) is 5.26 Å². The molecular weight excluding hydrogens is 339 g/mol. The van der Waals surface area contributed by atoms with Crippen molar-refractivity contribution in [2.45, 2.75) is 24.8 Å². The van der Waals surface area contributed by atoms with Crippen LogP contribution in [0.1, 0.15) is 29.7 Å². The molecule has 6 heteroatoms. The largest absolute Gasteiger partial charge is 0.328 e. The third-order valence-electron chi connectivity index (χ3n) is 4.69. The van der Waals surface area contributed by atoms with Crippen LogP contribution in [0.2, 0.25) is 0 Å². The number of pyridine rings is 1. The zero-order valence-corrected chi connectivity index (χ0v) is 14.0. The zero-order chi connectivity index (χ0) is 17.4. The maximum Gasteiger partial charge on any atom is 0.153 e. The molecule has 1 atom stereocenters. The molecule has 124 valence electrons. The van der Waals surface area contributed by atoms with Crippen LogP contribution in [-0.2, 0) is 12.0 Å². The first-order valence-electron chi connectivity index (χ1n) is 8.01. The number of nitrogens with one attached hydrogen (secondary N) is 1. The number of aliphatic imine (C=N–C) groups is 1. The van der Waals surface area contributed by atoms with E-state index in [9.17, 15) is 9.65 Å². The number of amidine groups is 1. The molecular formula is C19H14ClFN4. The van der Waals surface area contributed by atoms with Crippen molar-refractivity contribution in [3.05, 3.63) is 76.0 Å². The van der Waals surface area contributed by atoms with Gasteiger partial charge in [0.15, 0.2) is 5.84 Å². The molecule has 4 rings (SSSR count). The highest BCUT2D eigenvalue weighted by molar-refractivity contribution is 6.32. The summed E-state index contributed by atoms with van der Waals surface area (Å²) in [5.41, 5.74) is 1.68. The standard InChI is InChI=1S/C19H14ClFN4/c20-17-15(11-22)19(25-18(24-17)16-5-1-2-9-23-16)8-3-4-12-6-7-13(21)10-14(12)19/h1-2,5-7,9-10H,3-4,8H2,(H,24,25). The summed E-state index contributed by atoms with van der Waals surface area (Å²) in [7, 11) is 0. The quantitative estimate of drug-likeness (QED) is 0.794. The molecule has 0 amide bonds. The maximum absolute atomic E-state index is 14.0. The van der Waals surface area contributed by atoms with Crippen molar-refractivity contribution in [3.63, 3.8) is 0 Å². The third-order valence-corrected chi connectivity index (χ3v) is 4.97. The minimum absolute atomic E-state index is 0.218. The molecule has 2 aliphatic rings. The van der Waals surface area contributed by atoms with E-state index in [1.807, 2.05) is 18.2 Å². The van der Waals surface area contributed by atoms with Gasteiger partial charge in [-0.25, -0.2) is 9.38 Å². The van der Waals surface area contributed by atoms with Crippen LogP contribution in [-0.4, -0.2) is 10.8 Å². The van der Waals surface area contributed by atoms with Crippen LogP contribution in [0, 0.1) is 17.1 Å². The molecule has 0 saturated heterocycles. The van der Waals surface area contributed by atoms with Gasteiger partial charge in [-0.05, 0) is 54.7 Å². The number of rotatable bonds is 1. The van der Waals surface area contributed by atoms with Crippen molar-refractivity contribution >= 4 is 17.4 Å². The monoisotopic (exact) mass is 352 g/mol. The number of aromatic nitrogens is 1. The Labute approximate surface area is 149 Å². The van der Waals surface area contributed by atoms with Gasteiger partial charge in [0, 0.05) is 6.20 Å². The van der Waals surface area contributed by atoms with Gasteiger partial charge in [0.2, 0.25) is 0 Å². The second-order valence-electron chi connectivity index (χ2n) is 6.12. The molecule has 2 heterocycles. The lowest BCUT2D eigenvalue weighted by Crippen LogP contribution is -2.41. The van der Waals surface area contributed by atoms with Crippen LogP contribution in [0.25, 0.3) is 0 Å². The minimum atomic E-state index is -0.973. The lowest BCUT2D eigenvalue weighted by molar-refractivity contribution is 0.434. The second-order valence-corrected chi connectivity index (χ2v) is 6.49. The highest BCUT2D eigenvalue weighted by Crippen LogP contribution is 2.47. The van der Waals surface area contributed by atoms with Crippen LogP contribution in [0.3, 0.4) is 0 Å².